The minimum Gasteiger partial charge on any atom is -0.374 e. The summed E-state index contributed by atoms with van der Waals surface area (Å²) in [5, 5.41) is 8.58. The van der Waals surface area contributed by atoms with Crippen molar-refractivity contribution >= 4 is 0 Å². The van der Waals surface area contributed by atoms with Crippen LogP contribution in [0.1, 0.15) is 84.0 Å². The standard InChI is InChI=1S/C23H37NO/c1-3-4-6-9-20-10-12-21(13-11-20)22-14-17-23(25-2,18-15-22)16-7-5-8-19-24/h5,7-8,16,20-22H,3-4,6,9-15,17-18H2,1-2H3. The Bertz CT molecular complexity index is 457. The van der Waals surface area contributed by atoms with Crippen LogP contribution >= 0.6 is 0 Å². The van der Waals surface area contributed by atoms with Crippen molar-refractivity contribution in [1.29, 1.82) is 5.26 Å². The third kappa shape index (κ3) is 6.30. The van der Waals surface area contributed by atoms with Crippen molar-refractivity contribution in [2.75, 3.05) is 7.11 Å². The number of nitriles is 1. The number of hydrogen-bond acceptors (Lipinski definition) is 2. The smallest absolute Gasteiger partial charge is 0.0912 e. The van der Waals surface area contributed by atoms with E-state index in [0.717, 1.165) is 30.6 Å². The molecular weight excluding hydrogens is 306 g/mol. The first-order chi connectivity index (χ1) is 12.2. The van der Waals surface area contributed by atoms with Gasteiger partial charge in [-0.3, -0.25) is 0 Å². The average molecular weight is 344 g/mol. The second kappa shape index (κ2) is 10.8. The molecule has 0 heterocycles. The van der Waals surface area contributed by atoms with Crippen LogP contribution in [0.25, 0.3) is 0 Å². The van der Waals surface area contributed by atoms with Crippen LogP contribution in [-0.4, -0.2) is 12.7 Å². The molecule has 0 aromatic rings. The first-order valence-electron chi connectivity index (χ1n) is 10.5. The van der Waals surface area contributed by atoms with E-state index in [9.17, 15) is 0 Å². The van der Waals surface area contributed by atoms with Crippen LogP contribution < -0.4 is 0 Å². The summed E-state index contributed by atoms with van der Waals surface area (Å²) in [6.45, 7) is 2.30. The molecular formula is C23H37NO. The molecule has 0 N–H and O–H groups in total. The van der Waals surface area contributed by atoms with Gasteiger partial charge >= 0.3 is 0 Å². The van der Waals surface area contributed by atoms with Crippen molar-refractivity contribution in [3.8, 4) is 6.07 Å². The third-order valence-electron chi connectivity index (χ3n) is 6.74. The number of unbranched alkanes of at least 4 members (excludes halogenated alkanes) is 2. The Hall–Kier alpha value is -1.07. The molecule has 2 rings (SSSR count). The molecule has 2 saturated carbocycles. The topological polar surface area (TPSA) is 33.0 Å². The molecule has 25 heavy (non-hydrogen) atoms. The molecule has 0 spiro atoms. The van der Waals surface area contributed by atoms with Crippen LogP contribution in [0.3, 0.4) is 0 Å². The van der Waals surface area contributed by atoms with Gasteiger partial charge in [-0.15, -0.1) is 0 Å². The Labute approximate surface area is 155 Å². The Balaban J connectivity index is 1.75. The van der Waals surface area contributed by atoms with Gasteiger partial charge in [-0.05, 0) is 56.3 Å². The zero-order chi connectivity index (χ0) is 18.0. The molecule has 0 bridgehead atoms. The lowest BCUT2D eigenvalue weighted by atomic mass is 9.67. The lowest BCUT2D eigenvalue weighted by Crippen LogP contribution is -2.36. The summed E-state index contributed by atoms with van der Waals surface area (Å²) in [4.78, 5) is 0. The van der Waals surface area contributed by atoms with Crippen LogP contribution in [0.15, 0.2) is 24.3 Å². The highest BCUT2D eigenvalue weighted by Crippen LogP contribution is 2.44. The van der Waals surface area contributed by atoms with Crippen molar-refractivity contribution in [2.24, 2.45) is 17.8 Å². The first kappa shape index (κ1) is 20.2. The number of rotatable bonds is 8. The molecule has 2 aliphatic carbocycles. The Morgan fingerprint density at radius 3 is 2.28 bits per heavy atom. The zero-order valence-electron chi connectivity index (χ0n) is 16.4. The molecule has 0 saturated heterocycles. The number of allylic oxidation sites excluding steroid dienone is 3. The molecule has 2 nitrogen and oxygen atoms in total. The van der Waals surface area contributed by atoms with E-state index in [1.54, 1.807) is 0 Å². The zero-order valence-corrected chi connectivity index (χ0v) is 16.4. The van der Waals surface area contributed by atoms with E-state index in [1.807, 2.05) is 25.3 Å². The van der Waals surface area contributed by atoms with Gasteiger partial charge < -0.3 is 4.74 Å². The van der Waals surface area contributed by atoms with Crippen LogP contribution in [0.5, 0.6) is 0 Å². The van der Waals surface area contributed by atoms with Gasteiger partial charge in [0.1, 0.15) is 0 Å². The van der Waals surface area contributed by atoms with Crippen LogP contribution in [-0.2, 0) is 4.74 Å². The fourth-order valence-corrected chi connectivity index (χ4v) is 5.00. The van der Waals surface area contributed by atoms with Gasteiger partial charge in [0.15, 0.2) is 0 Å². The van der Waals surface area contributed by atoms with Crippen molar-refractivity contribution in [3.05, 3.63) is 24.3 Å². The van der Waals surface area contributed by atoms with Crippen LogP contribution in [0.4, 0.5) is 0 Å². The summed E-state index contributed by atoms with van der Waals surface area (Å²) >= 11 is 0. The molecule has 0 aliphatic heterocycles. The number of nitrogens with zero attached hydrogens (tertiary/aromatic N) is 1. The molecule has 0 radical (unpaired) electrons. The molecule has 0 amide bonds. The SMILES string of the molecule is CCCCCC1CCC(C2CCC(C=CC=CC#N)(OC)CC2)CC1. The van der Waals surface area contributed by atoms with Gasteiger partial charge in [0, 0.05) is 13.2 Å². The molecule has 140 valence electrons. The molecule has 2 heteroatoms. The maximum atomic E-state index is 8.58. The highest BCUT2D eigenvalue weighted by molar-refractivity contribution is 5.16. The van der Waals surface area contributed by atoms with E-state index in [0.29, 0.717) is 0 Å². The largest absolute Gasteiger partial charge is 0.374 e. The van der Waals surface area contributed by atoms with Crippen molar-refractivity contribution in [3.63, 3.8) is 0 Å². The predicted molar refractivity (Wildman–Crippen MR) is 105 cm³/mol. The molecule has 2 fully saturated rings. The molecule has 0 atom stereocenters. The van der Waals surface area contributed by atoms with E-state index < -0.39 is 0 Å². The third-order valence-corrected chi connectivity index (χ3v) is 6.74. The summed E-state index contributed by atoms with van der Waals surface area (Å²) in [7, 11) is 1.83. The van der Waals surface area contributed by atoms with Gasteiger partial charge in [0.25, 0.3) is 0 Å². The lowest BCUT2D eigenvalue weighted by Gasteiger charge is -2.42. The summed E-state index contributed by atoms with van der Waals surface area (Å²) in [6.07, 6.45) is 23.9. The second-order valence-corrected chi connectivity index (χ2v) is 8.23. The van der Waals surface area contributed by atoms with Gasteiger partial charge in [-0.2, -0.15) is 5.26 Å². The normalized spacial score (nSPS) is 33.7. The molecule has 0 unspecified atom stereocenters. The second-order valence-electron chi connectivity index (χ2n) is 8.23. The van der Waals surface area contributed by atoms with Gasteiger partial charge in [0.2, 0.25) is 0 Å². The quantitative estimate of drug-likeness (QED) is 0.283. The van der Waals surface area contributed by atoms with E-state index in [1.165, 1.54) is 70.3 Å². The van der Waals surface area contributed by atoms with Gasteiger partial charge in [-0.25, -0.2) is 0 Å². The van der Waals surface area contributed by atoms with E-state index >= 15 is 0 Å². The summed E-state index contributed by atoms with van der Waals surface area (Å²) in [6, 6.07) is 2.03. The van der Waals surface area contributed by atoms with Gasteiger partial charge in [-0.1, -0.05) is 63.7 Å². The maximum Gasteiger partial charge on any atom is 0.0912 e. The molecule has 0 aromatic heterocycles. The number of ether oxygens (including phenoxy) is 1. The fraction of sp³-hybridized carbons (Fsp3) is 0.783. The van der Waals surface area contributed by atoms with E-state index in [2.05, 4.69) is 13.0 Å². The van der Waals surface area contributed by atoms with E-state index in [4.69, 9.17) is 10.00 Å². The monoisotopic (exact) mass is 343 g/mol. The summed E-state index contributed by atoms with van der Waals surface area (Å²) < 4.78 is 5.86. The lowest BCUT2D eigenvalue weighted by molar-refractivity contribution is -0.0201. The van der Waals surface area contributed by atoms with Crippen molar-refractivity contribution < 1.29 is 4.74 Å². The van der Waals surface area contributed by atoms with Crippen LogP contribution in [0, 0.1) is 29.1 Å². The van der Waals surface area contributed by atoms with E-state index in [-0.39, 0.29) is 5.60 Å². The highest BCUT2D eigenvalue weighted by atomic mass is 16.5. The summed E-state index contributed by atoms with van der Waals surface area (Å²) in [5.41, 5.74) is -0.104. The number of hydrogen-bond donors (Lipinski definition) is 0. The first-order valence-corrected chi connectivity index (χ1v) is 10.5. The summed E-state index contributed by atoms with van der Waals surface area (Å²) in [5.74, 6) is 2.88. The minimum atomic E-state index is -0.104. The highest BCUT2D eigenvalue weighted by Gasteiger charge is 2.36. The van der Waals surface area contributed by atoms with Crippen molar-refractivity contribution in [1.82, 2.24) is 0 Å². The molecule has 0 aromatic carbocycles. The number of methoxy groups -OCH3 is 1. The minimum absolute atomic E-state index is 0.104. The Kier molecular flexibility index (Phi) is 8.76. The van der Waals surface area contributed by atoms with Crippen LogP contribution in [0.2, 0.25) is 0 Å². The fourth-order valence-electron chi connectivity index (χ4n) is 5.00. The van der Waals surface area contributed by atoms with Crippen molar-refractivity contribution in [2.45, 2.75) is 89.6 Å². The van der Waals surface area contributed by atoms with Gasteiger partial charge in [0.05, 0.1) is 11.7 Å². The maximum absolute atomic E-state index is 8.58. The molecule has 2 aliphatic rings. The predicted octanol–water partition coefficient (Wildman–Crippen LogP) is 6.58. The Morgan fingerprint density at radius 2 is 1.68 bits per heavy atom. The average Bonchev–Trinajstić information content (AvgIpc) is 2.67. The Morgan fingerprint density at radius 1 is 1.00 bits per heavy atom.